The number of carbonyl (C=O) groups is 2. The number of anilines is 2. The summed E-state index contributed by atoms with van der Waals surface area (Å²) in [5.74, 6) is -1.11. The molecule has 0 aromatic heterocycles. The molecule has 1 aromatic rings. The van der Waals surface area contributed by atoms with Gasteiger partial charge in [0.05, 0.1) is 16.9 Å². The van der Waals surface area contributed by atoms with Crippen LogP contribution in [0.25, 0.3) is 0 Å². The molecule has 6 nitrogen and oxygen atoms in total. The van der Waals surface area contributed by atoms with Gasteiger partial charge in [0, 0.05) is 19.5 Å². The van der Waals surface area contributed by atoms with Crippen LogP contribution in [-0.4, -0.2) is 30.1 Å². The van der Waals surface area contributed by atoms with Gasteiger partial charge < -0.3 is 21.5 Å². The van der Waals surface area contributed by atoms with Gasteiger partial charge in [-0.3, -0.25) is 4.79 Å². The summed E-state index contributed by atoms with van der Waals surface area (Å²) in [5.41, 5.74) is 6.51. The molecule has 0 bridgehead atoms. The summed E-state index contributed by atoms with van der Waals surface area (Å²) in [6, 6.07) is 4.74. The lowest BCUT2D eigenvalue weighted by atomic mass is 10.1. The van der Waals surface area contributed by atoms with Crippen LogP contribution in [0.15, 0.2) is 18.2 Å². The second-order valence-electron chi connectivity index (χ2n) is 4.10. The Morgan fingerprint density at radius 2 is 2.05 bits per heavy atom. The maximum absolute atomic E-state index is 11.4. The molecule has 0 aliphatic rings. The summed E-state index contributed by atoms with van der Waals surface area (Å²) >= 11 is 0. The van der Waals surface area contributed by atoms with Crippen molar-refractivity contribution in [3.8, 4) is 0 Å². The standard InChI is InChI=1S/C13H19N3O3/c1-2-7-16-11(17)6-8-15-10-5-3-4-9(12(10)14)13(18)19/h3-5,15H,2,6-8,14H2,1H3,(H,16,17)(H,18,19). The Hall–Kier alpha value is -2.24. The van der Waals surface area contributed by atoms with Crippen LogP contribution in [0.4, 0.5) is 11.4 Å². The molecule has 0 aliphatic carbocycles. The van der Waals surface area contributed by atoms with Crippen LogP contribution in [0.2, 0.25) is 0 Å². The second kappa shape index (κ2) is 7.25. The number of carbonyl (C=O) groups excluding carboxylic acids is 1. The fourth-order valence-corrected chi connectivity index (χ4v) is 1.57. The molecule has 0 heterocycles. The van der Waals surface area contributed by atoms with E-state index in [1.807, 2.05) is 6.92 Å². The van der Waals surface area contributed by atoms with Crippen molar-refractivity contribution in [2.75, 3.05) is 24.1 Å². The maximum Gasteiger partial charge on any atom is 0.337 e. The van der Waals surface area contributed by atoms with Gasteiger partial charge in [-0.15, -0.1) is 0 Å². The van der Waals surface area contributed by atoms with Crippen molar-refractivity contribution < 1.29 is 14.7 Å². The van der Waals surface area contributed by atoms with E-state index < -0.39 is 5.97 Å². The molecule has 6 heteroatoms. The lowest BCUT2D eigenvalue weighted by Gasteiger charge is -2.11. The topological polar surface area (TPSA) is 104 Å². The Morgan fingerprint density at radius 1 is 1.32 bits per heavy atom. The molecule has 5 N–H and O–H groups in total. The molecule has 0 aliphatic heterocycles. The first-order valence-electron chi connectivity index (χ1n) is 6.18. The molecule has 1 rings (SSSR count). The molecule has 0 unspecified atom stereocenters. The number of nitrogens with one attached hydrogen (secondary N) is 2. The van der Waals surface area contributed by atoms with Crippen LogP contribution in [-0.2, 0) is 4.79 Å². The third-order valence-corrected chi connectivity index (χ3v) is 2.58. The molecule has 0 radical (unpaired) electrons. The van der Waals surface area contributed by atoms with Gasteiger partial charge in [-0.05, 0) is 18.6 Å². The molecule has 19 heavy (non-hydrogen) atoms. The molecule has 0 saturated heterocycles. The summed E-state index contributed by atoms with van der Waals surface area (Å²) < 4.78 is 0. The number of hydrogen-bond donors (Lipinski definition) is 4. The fourth-order valence-electron chi connectivity index (χ4n) is 1.57. The van der Waals surface area contributed by atoms with Gasteiger partial charge in [0.2, 0.25) is 5.91 Å². The minimum atomic E-state index is -1.07. The Morgan fingerprint density at radius 3 is 2.68 bits per heavy atom. The molecule has 0 atom stereocenters. The summed E-state index contributed by atoms with van der Waals surface area (Å²) in [6.45, 7) is 3.05. The van der Waals surface area contributed by atoms with Gasteiger partial charge in [0.25, 0.3) is 0 Å². The first-order chi connectivity index (χ1) is 9.06. The van der Waals surface area contributed by atoms with Crippen molar-refractivity contribution in [2.24, 2.45) is 0 Å². The highest BCUT2D eigenvalue weighted by atomic mass is 16.4. The van der Waals surface area contributed by atoms with E-state index in [-0.39, 0.29) is 17.2 Å². The highest BCUT2D eigenvalue weighted by Crippen LogP contribution is 2.22. The van der Waals surface area contributed by atoms with E-state index >= 15 is 0 Å². The van der Waals surface area contributed by atoms with Crippen molar-refractivity contribution in [1.82, 2.24) is 5.32 Å². The summed E-state index contributed by atoms with van der Waals surface area (Å²) in [4.78, 5) is 22.3. The number of nitrogens with two attached hydrogens (primary N) is 1. The minimum absolute atomic E-state index is 0.0395. The van der Waals surface area contributed by atoms with E-state index in [0.29, 0.717) is 25.2 Å². The number of carboxylic acids is 1. The monoisotopic (exact) mass is 265 g/mol. The van der Waals surface area contributed by atoms with Gasteiger partial charge in [-0.2, -0.15) is 0 Å². The third-order valence-electron chi connectivity index (χ3n) is 2.58. The summed E-state index contributed by atoms with van der Waals surface area (Å²) in [5, 5.41) is 14.7. The maximum atomic E-state index is 11.4. The van der Waals surface area contributed by atoms with Crippen molar-refractivity contribution in [3.63, 3.8) is 0 Å². The molecular formula is C13H19N3O3. The van der Waals surface area contributed by atoms with Crippen molar-refractivity contribution in [3.05, 3.63) is 23.8 Å². The third kappa shape index (κ3) is 4.50. The summed E-state index contributed by atoms with van der Waals surface area (Å²) in [6.07, 6.45) is 1.21. The number of benzene rings is 1. The zero-order chi connectivity index (χ0) is 14.3. The first kappa shape index (κ1) is 14.8. The second-order valence-corrected chi connectivity index (χ2v) is 4.10. The van der Waals surface area contributed by atoms with E-state index in [9.17, 15) is 9.59 Å². The molecule has 1 aromatic carbocycles. The van der Waals surface area contributed by atoms with E-state index in [2.05, 4.69) is 10.6 Å². The van der Waals surface area contributed by atoms with Crippen LogP contribution in [0.1, 0.15) is 30.1 Å². The lowest BCUT2D eigenvalue weighted by Crippen LogP contribution is -2.26. The molecular weight excluding hydrogens is 246 g/mol. The predicted molar refractivity (Wildman–Crippen MR) is 74.2 cm³/mol. The van der Waals surface area contributed by atoms with Gasteiger partial charge in [0.15, 0.2) is 0 Å². The van der Waals surface area contributed by atoms with Gasteiger partial charge in [-0.25, -0.2) is 4.79 Å². The van der Waals surface area contributed by atoms with Gasteiger partial charge in [-0.1, -0.05) is 13.0 Å². The molecule has 0 fully saturated rings. The van der Waals surface area contributed by atoms with Crippen LogP contribution in [0.3, 0.4) is 0 Å². The predicted octanol–water partition coefficient (Wildman–Crippen LogP) is 1.30. The normalized spacial score (nSPS) is 9.95. The van der Waals surface area contributed by atoms with E-state index in [1.165, 1.54) is 6.07 Å². The van der Waals surface area contributed by atoms with Crippen LogP contribution >= 0.6 is 0 Å². The lowest BCUT2D eigenvalue weighted by molar-refractivity contribution is -0.120. The zero-order valence-electron chi connectivity index (χ0n) is 10.9. The van der Waals surface area contributed by atoms with Crippen LogP contribution in [0.5, 0.6) is 0 Å². The van der Waals surface area contributed by atoms with Gasteiger partial charge in [0.1, 0.15) is 0 Å². The average Bonchev–Trinajstić information content (AvgIpc) is 2.38. The van der Waals surface area contributed by atoms with Crippen LogP contribution < -0.4 is 16.4 Å². The number of aromatic carboxylic acids is 1. The fraction of sp³-hybridized carbons (Fsp3) is 0.385. The Labute approximate surface area is 112 Å². The number of amides is 1. The Kier molecular flexibility index (Phi) is 5.66. The van der Waals surface area contributed by atoms with Gasteiger partial charge >= 0.3 is 5.97 Å². The van der Waals surface area contributed by atoms with E-state index in [4.69, 9.17) is 10.8 Å². The number of hydrogen-bond acceptors (Lipinski definition) is 4. The number of carboxylic acid groups (broad SMARTS) is 1. The largest absolute Gasteiger partial charge is 0.478 e. The summed E-state index contributed by atoms with van der Waals surface area (Å²) in [7, 11) is 0. The minimum Gasteiger partial charge on any atom is -0.478 e. The molecule has 104 valence electrons. The average molecular weight is 265 g/mol. The smallest absolute Gasteiger partial charge is 0.337 e. The first-order valence-corrected chi connectivity index (χ1v) is 6.18. The molecule has 0 saturated carbocycles. The quantitative estimate of drug-likeness (QED) is 0.556. The SMILES string of the molecule is CCCNC(=O)CCNc1cccc(C(=O)O)c1N. The number of nitrogen functional groups attached to an aromatic ring is 1. The van der Waals surface area contributed by atoms with Crippen molar-refractivity contribution in [2.45, 2.75) is 19.8 Å². The molecule has 1 amide bonds. The number of para-hydroxylation sites is 1. The number of rotatable bonds is 7. The van der Waals surface area contributed by atoms with E-state index in [1.54, 1.807) is 12.1 Å². The highest BCUT2D eigenvalue weighted by molar-refractivity contribution is 5.97. The van der Waals surface area contributed by atoms with E-state index in [0.717, 1.165) is 6.42 Å². The Balaban J connectivity index is 2.52. The van der Waals surface area contributed by atoms with Crippen LogP contribution in [0, 0.1) is 0 Å². The zero-order valence-corrected chi connectivity index (χ0v) is 10.9. The van der Waals surface area contributed by atoms with Crippen molar-refractivity contribution in [1.29, 1.82) is 0 Å². The Bertz CT molecular complexity index is 460. The highest BCUT2D eigenvalue weighted by Gasteiger charge is 2.10. The van der Waals surface area contributed by atoms with Crippen molar-refractivity contribution >= 4 is 23.3 Å². The molecule has 0 spiro atoms.